The van der Waals surface area contributed by atoms with Crippen molar-refractivity contribution in [2.24, 2.45) is 0 Å². The smallest absolute Gasteiger partial charge is 0.255 e. The van der Waals surface area contributed by atoms with E-state index in [-0.39, 0.29) is 17.3 Å². The van der Waals surface area contributed by atoms with E-state index in [0.717, 1.165) is 0 Å². The van der Waals surface area contributed by atoms with Gasteiger partial charge in [0, 0.05) is 6.07 Å². The molecular weight excluding hydrogens is 220 g/mol. The minimum Gasteiger partial charge on any atom is -0.343 e. The zero-order valence-electron chi connectivity index (χ0n) is 7.85. The summed E-state index contributed by atoms with van der Waals surface area (Å²) in [6, 6.07) is 1.24. The van der Waals surface area contributed by atoms with Gasteiger partial charge in [-0.15, -0.1) is 0 Å². The summed E-state index contributed by atoms with van der Waals surface area (Å²) in [6.45, 7) is 1.92. The average Bonchev–Trinajstić information content (AvgIpc) is 2.63. The van der Waals surface area contributed by atoms with Gasteiger partial charge < -0.3 is 4.52 Å². The van der Waals surface area contributed by atoms with E-state index in [1.165, 1.54) is 17.0 Å². The first kappa shape index (κ1) is 9.85. The number of rotatable bonds is 2. The van der Waals surface area contributed by atoms with Gasteiger partial charge in [0.25, 0.3) is 5.56 Å². The van der Waals surface area contributed by atoms with Crippen molar-refractivity contribution in [1.29, 1.82) is 0 Å². The van der Waals surface area contributed by atoms with Crippen molar-refractivity contribution < 1.29 is 4.52 Å². The molecule has 0 saturated carbocycles. The molecule has 6 nitrogen and oxygen atoms in total. The maximum atomic E-state index is 11.5. The molecule has 2 rings (SSSR count). The van der Waals surface area contributed by atoms with Gasteiger partial charge in [-0.25, -0.2) is 4.98 Å². The third-order valence-corrected chi connectivity index (χ3v) is 2.07. The molecule has 2 heterocycles. The quantitative estimate of drug-likeness (QED) is 0.703. The lowest BCUT2D eigenvalue weighted by Gasteiger charge is -2.05. The van der Waals surface area contributed by atoms with E-state index in [1.54, 1.807) is 6.92 Å². The fraction of sp³-hybridized carbons (Fsp3) is 0.250. The second-order valence-electron chi connectivity index (χ2n) is 2.90. The fourth-order valence-electron chi connectivity index (χ4n) is 1.18. The van der Waals surface area contributed by atoms with Crippen LogP contribution in [0.1, 0.15) is 11.6 Å². The topological polar surface area (TPSA) is 73.8 Å². The molecule has 0 aliphatic heterocycles. The van der Waals surface area contributed by atoms with E-state index in [1.807, 2.05) is 0 Å². The van der Waals surface area contributed by atoms with E-state index >= 15 is 0 Å². The molecule has 0 atom stereocenters. The summed E-state index contributed by atoms with van der Waals surface area (Å²) in [6.07, 6.45) is 1.21. The van der Waals surface area contributed by atoms with Gasteiger partial charge >= 0.3 is 0 Å². The van der Waals surface area contributed by atoms with E-state index < -0.39 is 0 Å². The molecule has 0 bridgehead atoms. The molecule has 0 saturated heterocycles. The predicted octanol–water partition coefficient (Wildman–Crippen LogP) is 0.636. The Morgan fingerprint density at radius 2 is 2.40 bits per heavy atom. The standard InChI is InChI=1S/C8H7ClN4O2/c1-5-11-6(9)2-8(14)13(5)3-7-10-4-15-12-7/h2,4H,3H2,1H3. The van der Waals surface area contributed by atoms with Crippen LogP contribution in [0, 0.1) is 6.92 Å². The third-order valence-electron chi connectivity index (χ3n) is 1.87. The molecule has 0 radical (unpaired) electrons. The van der Waals surface area contributed by atoms with Crippen LogP contribution in [0.5, 0.6) is 0 Å². The Bertz CT molecular complexity index is 520. The number of hydrogen-bond acceptors (Lipinski definition) is 5. The van der Waals surface area contributed by atoms with Gasteiger partial charge in [0.15, 0.2) is 5.82 Å². The highest BCUT2D eigenvalue weighted by molar-refractivity contribution is 6.29. The zero-order chi connectivity index (χ0) is 10.8. The van der Waals surface area contributed by atoms with Crippen molar-refractivity contribution in [2.75, 3.05) is 0 Å². The van der Waals surface area contributed by atoms with Crippen LogP contribution < -0.4 is 5.56 Å². The van der Waals surface area contributed by atoms with Crippen LogP contribution in [0.2, 0.25) is 5.15 Å². The second-order valence-corrected chi connectivity index (χ2v) is 3.29. The molecule has 0 amide bonds. The molecule has 0 N–H and O–H groups in total. The van der Waals surface area contributed by atoms with Crippen molar-refractivity contribution in [3.05, 3.63) is 39.6 Å². The molecule has 0 fully saturated rings. The van der Waals surface area contributed by atoms with Crippen LogP contribution in [-0.2, 0) is 6.54 Å². The van der Waals surface area contributed by atoms with E-state index in [9.17, 15) is 4.79 Å². The van der Waals surface area contributed by atoms with Crippen LogP contribution in [0.4, 0.5) is 0 Å². The Hall–Kier alpha value is -1.69. The normalized spacial score (nSPS) is 10.5. The van der Waals surface area contributed by atoms with Gasteiger partial charge in [0.05, 0.1) is 6.54 Å². The summed E-state index contributed by atoms with van der Waals surface area (Å²) in [5, 5.41) is 3.79. The first-order chi connectivity index (χ1) is 7.16. The SMILES string of the molecule is Cc1nc(Cl)cc(=O)n1Cc1ncon1. The van der Waals surface area contributed by atoms with Crippen LogP contribution in [-0.4, -0.2) is 19.7 Å². The highest BCUT2D eigenvalue weighted by Crippen LogP contribution is 2.02. The third kappa shape index (κ3) is 2.04. The largest absolute Gasteiger partial charge is 0.343 e. The van der Waals surface area contributed by atoms with Gasteiger partial charge in [-0.05, 0) is 6.92 Å². The van der Waals surface area contributed by atoms with Crippen LogP contribution >= 0.6 is 11.6 Å². The Morgan fingerprint density at radius 1 is 1.60 bits per heavy atom. The van der Waals surface area contributed by atoms with Crippen molar-refractivity contribution >= 4 is 11.6 Å². The van der Waals surface area contributed by atoms with Crippen molar-refractivity contribution in [3.63, 3.8) is 0 Å². The Balaban J connectivity index is 2.41. The van der Waals surface area contributed by atoms with Gasteiger partial charge in [0.1, 0.15) is 11.0 Å². The second kappa shape index (κ2) is 3.82. The Morgan fingerprint density at radius 3 is 3.00 bits per heavy atom. The molecule has 15 heavy (non-hydrogen) atoms. The number of aryl methyl sites for hydroxylation is 1. The molecule has 78 valence electrons. The molecular formula is C8H7ClN4O2. The minimum absolute atomic E-state index is 0.182. The van der Waals surface area contributed by atoms with Gasteiger partial charge in [-0.3, -0.25) is 9.36 Å². The summed E-state index contributed by atoms with van der Waals surface area (Å²) in [7, 11) is 0. The molecule has 0 aliphatic rings. The molecule has 0 aliphatic carbocycles. The lowest BCUT2D eigenvalue weighted by atomic mass is 10.5. The number of hydrogen-bond donors (Lipinski definition) is 0. The monoisotopic (exact) mass is 226 g/mol. The maximum Gasteiger partial charge on any atom is 0.255 e. The summed E-state index contributed by atoms with van der Waals surface area (Å²) in [5.74, 6) is 0.932. The van der Waals surface area contributed by atoms with Crippen LogP contribution in [0.3, 0.4) is 0 Å². The summed E-state index contributed by atoms with van der Waals surface area (Å²) in [4.78, 5) is 19.3. The highest BCUT2D eigenvalue weighted by atomic mass is 35.5. The zero-order valence-corrected chi connectivity index (χ0v) is 8.60. The lowest BCUT2D eigenvalue weighted by Crippen LogP contribution is -2.23. The average molecular weight is 227 g/mol. The van der Waals surface area contributed by atoms with E-state index in [0.29, 0.717) is 11.6 Å². The van der Waals surface area contributed by atoms with Gasteiger partial charge in [-0.1, -0.05) is 16.8 Å². The maximum absolute atomic E-state index is 11.5. The number of nitrogens with zero attached hydrogens (tertiary/aromatic N) is 4. The lowest BCUT2D eigenvalue weighted by molar-refractivity contribution is 0.407. The summed E-state index contributed by atoms with van der Waals surface area (Å²) in [5.41, 5.74) is -0.239. The number of halogens is 1. The highest BCUT2D eigenvalue weighted by Gasteiger charge is 2.06. The van der Waals surface area contributed by atoms with Crippen molar-refractivity contribution in [1.82, 2.24) is 19.7 Å². The van der Waals surface area contributed by atoms with Crippen LogP contribution in [0.25, 0.3) is 0 Å². The molecule has 2 aromatic heterocycles. The van der Waals surface area contributed by atoms with Crippen molar-refractivity contribution in [3.8, 4) is 0 Å². The first-order valence-electron chi connectivity index (χ1n) is 4.16. The predicted molar refractivity (Wildman–Crippen MR) is 51.6 cm³/mol. The van der Waals surface area contributed by atoms with E-state index in [4.69, 9.17) is 11.6 Å². The van der Waals surface area contributed by atoms with Crippen LogP contribution in [0.15, 0.2) is 21.8 Å². The molecule has 0 spiro atoms. The summed E-state index contributed by atoms with van der Waals surface area (Å²) >= 11 is 5.63. The first-order valence-corrected chi connectivity index (χ1v) is 4.54. The minimum atomic E-state index is -0.239. The Labute approximate surface area is 89.5 Å². The number of aromatic nitrogens is 4. The van der Waals surface area contributed by atoms with Gasteiger partial charge in [-0.2, -0.15) is 4.98 Å². The molecule has 2 aromatic rings. The fourth-order valence-corrected chi connectivity index (χ4v) is 1.40. The van der Waals surface area contributed by atoms with E-state index in [2.05, 4.69) is 19.6 Å². The van der Waals surface area contributed by atoms with Gasteiger partial charge in [0.2, 0.25) is 6.39 Å². The molecule has 7 heteroatoms. The molecule has 0 aromatic carbocycles. The summed E-state index contributed by atoms with van der Waals surface area (Å²) < 4.78 is 5.98. The Kier molecular flexibility index (Phi) is 2.51. The molecule has 0 unspecified atom stereocenters. The van der Waals surface area contributed by atoms with Crippen molar-refractivity contribution in [2.45, 2.75) is 13.5 Å².